The van der Waals surface area contributed by atoms with Crippen LogP contribution in [0.1, 0.15) is 46.5 Å². The molecule has 0 saturated heterocycles. The van der Waals surface area contributed by atoms with Crippen molar-refractivity contribution >= 4 is 5.71 Å². The van der Waals surface area contributed by atoms with Crippen LogP contribution < -0.4 is 0 Å². The first-order valence-corrected chi connectivity index (χ1v) is 4.64. The molecule has 0 aromatic carbocycles. The second-order valence-corrected chi connectivity index (χ2v) is 2.37. The van der Waals surface area contributed by atoms with E-state index in [1.165, 1.54) is 31.4 Å². The van der Waals surface area contributed by atoms with E-state index in [0.717, 1.165) is 0 Å². The summed E-state index contributed by atoms with van der Waals surface area (Å²) in [5.74, 6) is 0. The molecular formula is C10H19N. The summed E-state index contributed by atoms with van der Waals surface area (Å²) in [6.07, 6.45) is 8.84. The van der Waals surface area contributed by atoms with Gasteiger partial charge in [-0.25, -0.2) is 0 Å². The van der Waals surface area contributed by atoms with Crippen molar-refractivity contribution < 1.29 is 0 Å². The first kappa shape index (κ1) is 10.4. The quantitative estimate of drug-likeness (QED) is 0.575. The van der Waals surface area contributed by atoms with E-state index in [2.05, 4.69) is 18.0 Å². The average molecular weight is 153 g/mol. The first-order chi connectivity index (χ1) is 5.43. The van der Waals surface area contributed by atoms with Crippen LogP contribution in [0.5, 0.6) is 0 Å². The van der Waals surface area contributed by atoms with E-state index in [0.29, 0.717) is 0 Å². The Morgan fingerprint density at radius 2 is 2.18 bits per heavy atom. The Morgan fingerprint density at radius 3 is 2.64 bits per heavy atom. The van der Waals surface area contributed by atoms with Crippen molar-refractivity contribution in [2.45, 2.75) is 46.5 Å². The third-order valence-corrected chi connectivity index (χ3v) is 1.50. The van der Waals surface area contributed by atoms with E-state index in [1.807, 2.05) is 20.0 Å². The Morgan fingerprint density at radius 1 is 1.45 bits per heavy atom. The molecule has 0 bridgehead atoms. The van der Waals surface area contributed by atoms with Crippen LogP contribution in [0.25, 0.3) is 0 Å². The Bertz CT molecular complexity index is 134. The van der Waals surface area contributed by atoms with E-state index in [-0.39, 0.29) is 0 Å². The van der Waals surface area contributed by atoms with Gasteiger partial charge in [-0.15, -0.1) is 0 Å². The fraction of sp³-hybridized carbons (Fsp3) is 0.700. The lowest BCUT2D eigenvalue weighted by molar-refractivity contribution is 0.931. The van der Waals surface area contributed by atoms with Gasteiger partial charge in [-0.05, 0) is 19.3 Å². The molecule has 1 aliphatic heterocycles. The van der Waals surface area contributed by atoms with E-state index in [1.54, 1.807) is 0 Å². The standard InChI is InChI=1S/C8H13N.C2H6/c1-2-5-8-6-3-4-7-9-8;1-2/h4,7H,2-3,5-6H2,1H3;1-2H3. The maximum absolute atomic E-state index is 4.26. The molecule has 1 nitrogen and oxygen atoms in total. The Balaban J connectivity index is 0.000000461. The fourth-order valence-electron chi connectivity index (χ4n) is 1.03. The van der Waals surface area contributed by atoms with Crippen molar-refractivity contribution in [2.75, 3.05) is 0 Å². The molecule has 0 unspecified atom stereocenters. The van der Waals surface area contributed by atoms with Gasteiger partial charge >= 0.3 is 0 Å². The highest BCUT2D eigenvalue weighted by molar-refractivity contribution is 5.85. The highest BCUT2D eigenvalue weighted by atomic mass is 14.7. The van der Waals surface area contributed by atoms with Gasteiger partial charge in [0.15, 0.2) is 0 Å². The molecule has 11 heavy (non-hydrogen) atoms. The monoisotopic (exact) mass is 153 g/mol. The minimum Gasteiger partial charge on any atom is -0.266 e. The summed E-state index contributed by atoms with van der Waals surface area (Å²) >= 11 is 0. The number of rotatable bonds is 2. The van der Waals surface area contributed by atoms with Gasteiger partial charge in [-0.3, -0.25) is 4.99 Å². The number of allylic oxidation sites excluding steroid dienone is 1. The van der Waals surface area contributed by atoms with E-state index in [4.69, 9.17) is 0 Å². The van der Waals surface area contributed by atoms with Crippen molar-refractivity contribution in [2.24, 2.45) is 4.99 Å². The molecular weight excluding hydrogens is 134 g/mol. The zero-order valence-electron chi connectivity index (χ0n) is 7.93. The Labute approximate surface area is 70.2 Å². The molecule has 1 rings (SSSR count). The van der Waals surface area contributed by atoms with Crippen molar-refractivity contribution in [3.63, 3.8) is 0 Å². The molecule has 0 N–H and O–H groups in total. The number of aliphatic imine (C=N–C) groups is 1. The van der Waals surface area contributed by atoms with Crippen LogP contribution in [0.15, 0.2) is 17.3 Å². The third-order valence-electron chi connectivity index (χ3n) is 1.50. The van der Waals surface area contributed by atoms with Crippen molar-refractivity contribution in [3.05, 3.63) is 12.3 Å². The molecule has 0 atom stereocenters. The van der Waals surface area contributed by atoms with Crippen LogP contribution in [-0.4, -0.2) is 5.71 Å². The zero-order chi connectivity index (χ0) is 8.53. The topological polar surface area (TPSA) is 12.4 Å². The van der Waals surface area contributed by atoms with Crippen LogP contribution >= 0.6 is 0 Å². The Hall–Kier alpha value is -0.590. The molecule has 0 amide bonds. The molecule has 64 valence electrons. The van der Waals surface area contributed by atoms with Crippen molar-refractivity contribution in [1.82, 2.24) is 0 Å². The highest BCUT2D eigenvalue weighted by Crippen LogP contribution is 2.06. The molecule has 1 heterocycles. The van der Waals surface area contributed by atoms with Crippen LogP contribution in [-0.2, 0) is 0 Å². The minimum absolute atomic E-state index is 1.18. The SMILES string of the molecule is CC.CCCC1=NC=CCC1. The van der Waals surface area contributed by atoms with Gasteiger partial charge in [-0.1, -0.05) is 33.3 Å². The van der Waals surface area contributed by atoms with E-state index < -0.39 is 0 Å². The normalized spacial score (nSPS) is 15.0. The summed E-state index contributed by atoms with van der Waals surface area (Å²) in [6, 6.07) is 0. The molecule has 0 radical (unpaired) electrons. The van der Waals surface area contributed by atoms with Gasteiger partial charge < -0.3 is 0 Å². The zero-order valence-corrected chi connectivity index (χ0v) is 7.93. The maximum Gasteiger partial charge on any atom is 0.0227 e. The minimum atomic E-state index is 1.18. The summed E-state index contributed by atoms with van der Waals surface area (Å²) in [5, 5.41) is 0. The lowest BCUT2D eigenvalue weighted by atomic mass is 10.1. The van der Waals surface area contributed by atoms with E-state index in [9.17, 15) is 0 Å². The van der Waals surface area contributed by atoms with Gasteiger partial charge in [0, 0.05) is 11.9 Å². The van der Waals surface area contributed by atoms with Crippen LogP contribution in [0.4, 0.5) is 0 Å². The molecule has 0 spiro atoms. The summed E-state index contributed by atoms with van der Waals surface area (Å²) in [6.45, 7) is 6.20. The van der Waals surface area contributed by atoms with E-state index >= 15 is 0 Å². The second kappa shape index (κ2) is 7.52. The summed E-state index contributed by atoms with van der Waals surface area (Å²) in [7, 11) is 0. The first-order valence-electron chi connectivity index (χ1n) is 4.64. The van der Waals surface area contributed by atoms with Crippen molar-refractivity contribution in [3.8, 4) is 0 Å². The number of hydrogen-bond acceptors (Lipinski definition) is 1. The lowest BCUT2D eigenvalue weighted by Gasteiger charge is -2.04. The lowest BCUT2D eigenvalue weighted by Crippen LogP contribution is -1.98. The van der Waals surface area contributed by atoms with Gasteiger partial charge in [0.25, 0.3) is 0 Å². The largest absolute Gasteiger partial charge is 0.266 e. The van der Waals surface area contributed by atoms with Crippen LogP contribution in [0.2, 0.25) is 0 Å². The van der Waals surface area contributed by atoms with Gasteiger partial charge in [-0.2, -0.15) is 0 Å². The third kappa shape index (κ3) is 4.77. The van der Waals surface area contributed by atoms with Crippen LogP contribution in [0, 0.1) is 0 Å². The molecule has 0 aliphatic carbocycles. The molecule has 0 saturated carbocycles. The molecule has 1 aliphatic rings. The van der Waals surface area contributed by atoms with Crippen molar-refractivity contribution in [1.29, 1.82) is 0 Å². The summed E-state index contributed by atoms with van der Waals surface area (Å²) < 4.78 is 0. The summed E-state index contributed by atoms with van der Waals surface area (Å²) in [4.78, 5) is 4.26. The van der Waals surface area contributed by atoms with Crippen LogP contribution in [0.3, 0.4) is 0 Å². The number of nitrogens with zero attached hydrogens (tertiary/aromatic N) is 1. The van der Waals surface area contributed by atoms with Gasteiger partial charge in [0.05, 0.1) is 0 Å². The fourth-order valence-corrected chi connectivity index (χ4v) is 1.03. The Kier molecular flexibility index (Phi) is 7.11. The predicted octanol–water partition coefficient (Wildman–Crippen LogP) is 3.56. The molecule has 0 aromatic rings. The molecule has 0 aromatic heterocycles. The maximum atomic E-state index is 4.26. The second-order valence-electron chi connectivity index (χ2n) is 2.37. The smallest absolute Gasteiger partial charge is 0.0227 e. The highest BCUT2D eigenvalue weighted by Gasteiger charge is 1.97. The van der Waals surface area contributed by atoms with Gasteiger partial charge in [0.1, 0.15) is 0 Å². The molecule has 1 heteroatoms. The predicted molar refractivity (Wildman–Crippen MR) is 52.1 cm³/mol. The average Bonchev–Trinajstić information content (AvgIpc) is 2.11. The number of hydrogen-bond donors (Lipinski definition) is 0. The van der Waals surface area contributed by atoms with Gasteiger partial charge in [0.2, 0.25) is 0 Å². The molecule has 0 fully saturated rings. The summed E-state index contributed by atoms with van der Waals surface area (Å²) in [5.41, 5.74) is 1.38.